The van der Waals surface area contributed by atoms with Crippen molar-refractivity contribution in [1.82, 2.24) is 25.1 Å². The van der Waals surface area contributed by atoms with E-state index in [9.17, 15) is 50.4 Å². The summed E-state index contributed by atoms with van der Waals surface area (Å²) < 4.78 is 110. The zero-order valence-corrected chi connectivity index (χ0v) is 32.4. The molecule has 0 amide bonds. The summed E-state index contributed by atoms with van der Waals surface area (Å²) in [6, 6.07) is 11.7. The van der Waals surface area contributed by atoms with Crippen molar-refractivity contribution < 1.29 is 55.2 Å². The molecule has 61 heavy (non-hydrogen) atoms. The number of rotatable bonds is 5. The van der Waals surface area contributed by atoms with Gasteiger partial charge in [-0.3, -0.25) is 9.97 Å². The van der Waals surface area contributed by atoms with Gasteiger partial charge in [0.1, 0.15) is 39.5 Å². The van der Waals surface area contributed by atoms with Crippen LogP contribution < -0.4 is 26.9 Å². The molecule has 3 atom stereocenters. The second-order valence-electron chi connectivity index (χ2n) is 15.5. The first kappa shape index (κ1) is 43.1. The van der Waals surface area contributed by atoms with E-state index in [2.05, 4.69) is 27.1 Å². The highest BCUT2D eigenvalue weighted by molar-refractivity contribution is 5.98. The minimum absolute atomic E-state index is 0.0190. The summed E-state index contributed by atoms with van der Waals surface area (Å²) in [7, 11) is 0. The van der Waals surface area contributed by atoms with Gasteiger partial charge in [-0.05, 0) is 79.4 Å². The maximum Gasteiger partial charge on any atom is 0.416 e. The summed E-state index contributed by atoms with van der Waals surface area (Å²) in [5, 5.41) is 39.7. The smallest absolute Gasteiger partial charge is 0.416 e. The Bertz CT molecular complexity index is 2580. The number of phenolic OH excluding ortho intramolecular Hbond substituents is 2. The zero-order valence-electron chi connectivity index (χ0n) is 32.4. The average Bonchev–Trinajstić information content (AvgIpc) is 3.94. The van der Waals surface area contributed by atoms with Crippen LogP contribution in [0.25, 0.3) is 33.7 Å². The van der Waals surface area contributed by atoms with Crippen LogP contribution in [0.3, 0.4) is 0 Å². The minimum Gasteiger partial charge on any atom is -0.507 e. The second-order valence-corrected chi connectivity index (χ2v) is 15.5. The van der Waals surface area contributed by atoms with Gasteiger partial charge in [0.25, 0.3) is 6.43 Å². The molecule has 0 aliphatic carbocycles. The fourth-order valence-electron chi connectivity index (χ4n) is 7.93. The Labute approximate surface area is 342 Å². The molecule has 3 saturated heterocycles. The molecule has 3 aliphatic heterocycles. The summed E-state index contributed by atoms with van der Waals surface area (Å²) >= 11 is 0. The molecule has 8 rings (SSSR count). The predicted octanol–water partition coefficient (Wildman–Crippen LogP) is 5.07. The Hall–Kier alpha value is -6.02. The number of phenols is 2. The van der Waals surface area contributed by atoms with Crippen LogP contribution in [0.15, 0.2) is 73.1 Å². The van der Waals surface area contributed by atoms with Crippen molar-refractivity contribution >= 4 is 28.2 Å². The third-order valence-electron chi connectivity index (χ3n) is 11.1. The normalized spacial score (nSPS) is 22.8. The molecule has 1 spiro atoms. The number of ether oxygens (including phenoxy) is 1. The van der Waals surface area contributed by atoms with E-state index in [1.54, 1.807) is 30.5 Å². The van der Waals surface area contributed by atoms with Crippen LogP contribution in [0.1, 0.15) is 42.9 Å². The summed E-state index contributed by atoms with van der Waals surface area (Å²) in [6.45, 7) is 3.98. The van der Waals surface area contributed by atoms with Gasteiger partial charge in [0, 0.05) is 60.2 Å². The van der Waals surface area contributed by atoms with Gasteiger partial charge in [0.2, 0.25) is 0 Å². The Kier molecular flexibility index (Phi) is 11.4. The number of nitrogens with zero attached hydrogens (tertiary/aromatic N) is 6. The van der Waals surface area contributed by atoms with Crippen LogP contribution >= 0.6 is 0 Å². The zero-order chi connectivity index (χ0) is 44.1. The van der Waals surface area contributed by atoms with Gasteiger partial charge in [-0.15, -0.1) is 10.2 Å². The van der Waals surface area contributed by atoms with Crippen molar-refractivity contribution in [3.8, 4) is 22.8 Å². The van der Waals surface area contributed by atoms with Crippen LogP contribution in [-0.4, -0.2) is 90.8 Å². The molecule has 0 saturated carbocycles. The average molecular weight is 861 g/mol. The first-order chi connectivity index (χ1) is 28.7. The first-order valence-electron chi connectivity index (χ1n) is 19.0. The minimum atomic E-state index is -4.62. The molecule has 7 N–H and O–H groups in total. The molecule has 324 valence electrons. The monoisotopic (exact) mass is 860 g/mol. The highest BCUT2D eigenvalue weighted by Crippen LogP contribution is 2.41. The lowest BCUT2D eigenvalue weighted by atomic mass is 9.95. The van der Waals surface area contributed by atoms with Crippen LogP contribution in [0.4, 0.5) is 40.9 Å². The fraction of sp³-hybridized carbons (Fsp3) is 0.366. The van der Waals surface area contributed by atoms with Crippen LogP contribution in [0, 0.1) is 5.92 Å². The molecule has 12 nitrogen and oxygen atoms in total. The number of β-amino-alcohol motifs (C(OH)–C–C–N with tert-alkyl or cyclic N) is 1. The molecular formula is C41H40F8N8O4. The number of aromatic hydroxyl groups is 2. The van der Waals surface area contributed by atoms with E-state index in [0.29, 0.717) is 52.9 Å². The summed E-state index contributed by atoms with van der Waals surface area (Å²) in [5.41, 5.74) is 8.94. The largest absolute Gasteiger partial charge is 0.507 e. The van der Waals surface area contributed by atoms with Gasteiger partial charge in [-0.25, -0.2) is 8.78 Å². The third-order valence-corrected chi connectivity index (χ3v) is 11.1. The number of aliphatic hydroxyl groups is 1. The number of halogens is 8. The number of hydrogen-bond acceptors (Lipinski definition) is 12. The number of benzene rings is 2. The van der Waals surface area contributed by atoms with Crippen LogP contribution in [0.2, 0.25) is 0 Å². The molecule has 0 bridgehead atoms. The fourth-order valence-corrected chi connectivity index (χ4v) is 7.93. The SMILES string of the molecule is CC1COC2(CCN(/C(N)=c3\nccc\c3=C(\N)c3ccc(C(F)(F)F)cc3O)C2)C1.Oc1cc(C(F)(F)F)ccc1-c1nnc(N2CCC(O)(C(F)F)C2)c2ncccc12. The van der Waals surface area contributed by atoms with E-state index < -0.39 is 47.0 Å². The summed E-state index contributed by atoms with van der Waals surface area (Å²) in [5.74, 6) is -0.111. The number of nitrogens with two attached hydrogens (primary N) is 2. The molecule has 5 aromatic rings. The molecule has 3 unspecified atom stereocenters. The van der Waals surface area contributed by atoms with E-state index in [-0.39, 0.29) is 59.0 Å². The predicted molar refractivity (Wildman–Crippen MR) is 207 cm³/mol. The standard InChI is InChI=1S/C22H25F3N4O2.C19H15F5N4O2/c1-13-10-21(31-11-13)6-8-29(12-21)20(27)19-16(3-2-7-28-19)18(26)15-5-4-14(9-17(15)30)22(23,24)25;20-17(21)18(30)5-7-28(9-18)16-15-12(2-1-6-25-15)14(26-27-16)11-4-3-10(8-13(11)29)19(22,23)24/h2-5,7,9,13,30H,6,8,10-12,26-27H2,1H3;1-4,6,8,17,29-30H,5,7,9H2/b18-16-,20-19-;. The number of pyridine rings is 2. The maximum atomic E-state index is 13.1. The Morgan fingerprint density at radius 3 is 2.15 bits per heavy atom. The molecular weight excluding hydrogens is 820 g/mol. The number of likely N-dealkylation sites (tertiary alicyclic amines) is 1. The summed E-state index contributed by atoms with van der Waals surface area (Å²) in [6.07, 6.45) is -7.43. The number of fused-ring (bicyclic) bond motifs is 1. The van der Waals surface area contributed by atoms with Crippen molar-refractivity contribution in [3.63, 3.8) is 0 Å². The maximum absolute atomic E-state index is 13.1. The molecule has 3 fully saturated rings. The third kappa shape index (κ3) is 8.63. The number of alkyl halides is 8. The lowest BCUT2D eigenvalue weighted by Crippen LogP contribution is -2.43. The molecule has 3 aliphatic rings. The van der Waals surface area contributed by atoms with Gasteiger partial charge >= 0.3 is 12.4 Å². The van der Waals surface area contributed by atoms with Gasteiger partial charge in [0.05, 0.1) is 35.6 Å². The number of hydrogen-bond donors (Lipinski definition) is 5. The molecule has 2 aromatic carbocycles. The van der Waals surface area contributed by atoms with Gasteiger partial charge < -0.3 is 41.3 Å². The van der Waals surface area contributed by atoms with Crippen molar-refractivity contribution in [1.29, 1.82) is 0 Å². The molecule has 0 radical (unpaired) electrons. The second kappa shape index (κ2) is 16.1. The van der Waals surface area contributed by atoms with Gasteiger partial charge in [-0.2, -0.15) is 26.3 Å². The van der Waals surface area contributed by atoms with Gasteiger partial charge in [-0.1, -0.05) is 6.92 Å². The van der Waals surface area contributed by atoms with Gasteiger partial charge in [0.15, 0.2) is 5.82 Å². The van der Waals surface area contributed by atoms with Crippen molar-refractivity contribution in [2.75, 3.05) is 37.7 Å². The first-order valence-corrected chi connectivity index (χ1v) is 19.0. The van der Waals surface area contributed by atoms with Crippen LogP contribution in [-0.2, 0) is 17.1 Å². The van der Waals surface area contributed by atoms with Crippen molar-refractivity contribution in [3.05, 3.63) is 100 Å². The highest BCUT2D eigenvalue weighted by atomic mass is 19.4. The Balaban J connectivity index is 0.000000184. The lowest BCUT2D eigenvalue weighted by Gasteiger charge is -2.24. The van der Waals surface area contributed by atoms with Crippen LogP contribution in [0.5, 0.6) is 11.5 Å². The van der Waals surface area contributed by atoms with Crippen molar-refractivity contribution in [2.45, 2.75) is 56.2 Å². The highest BCUT2D eigenvalue weighted by Gasteiger charge is 2.46. The van der Waals surface area contributed by atoms with E-state index in [1.165, 1.54) is 11.1 Å². The topological polar surface area (TPSA) is 180 Å². The molecule has 20 heteroatoms. The Morgan fingerprint density at radius 2 is 1.52 bits per heavy atom. The summed E-state index contributed by atoms with van der Waals surface area (Å²) in [4.78, 5) is 12.0. The lowest BCUT2D eigenvalue weighted by molar-refractivity contribution is -0.138. The van der Waals surface area contributed by atoms with Crippen molar-refractivity contribution in [2.24, 2.45) is 17.4 Å². The number of anilines is 1. The van der Waals surface area contributed by atoms with E-state index >= 15 is 0 Å². The molecule has 6 heterocycles. The quantitative estimate of drug-likeness (QED) is 0.149. The van der Waals surface area contributed by atoms with E-state index in [4.69, 9.17) is 16.2 Å². The van der Waals surface area contributed by atoms with E-state index in [0.717, 1.165) is 43.7 Å². The molecule has 3 aromatic heterocycles. The number of aromatic nitrogens is 4. The van der Waals surface area contributed by atoms with E-state index in [1.807, 2.05) is 4.90 Å². The Morgan fingerprint density at radius 1 is 0.852 bits per heavy atom.